The summed E-state index contributed by atoms with van der Waals surface area (Å²) >= 11 is 0. The Morgan fingerprint density at radius 2 is 2.06 bits per heavy atom. The summed E-state index contributed by atoms with van der Waals surface area (Å²) in [7, 11) is 0. The minimum Gasteiger partial charge on any atom is -0.456 e. The molecule has 0 fully saturated rings. The third kappa shape index (κ3) is 2.23. The fourth-order valence-electron chi connectivity index (χ4n) is 1.54. The van der Waals surface area contributed by atoms with Crippen molar-refractivity contribution in [3.63, 3.8) is 0 Å². The molecule has 16 heavy (non-hydrogen) atoms. The van der Waals surface area contributed by atoms with Crippen molar-refractivity contribution in [2.24, 2.45) is 0 Å². The molecule has 0 saturated carbocycles. The molecule has 0 aliphatic carbocycles. The molecule has 0 N–H and O–H groups in total. The fourth-order valence-corrected chi connectivity index (χ4v) is 1.54. The lowest BCUT2D eigenvalue weighted by Gasteiger charge is -2.13. The second-order valence-electron chi connectivity index (χ2n) is 3.30. The maximum atomic E-state index is 5.65. The Morgan fingerprint density at radius 1 is 1.31 bits per heavy atom. The molecule has 4 nitrogen and oxygen atoms in total. The number of hydrogen-bond acceptors (Lipinski definition) is 4. The summed E-state index contributed by atoms with van der Waals surface area (Å²) in [6.45, 7) is 5.02. The smallest absolute Gasteiger partial charge is 0.217 e. The molecular formula is C12H15NO3. The van der Waals surface area contributed by atoms with Crippen LogP contribution in [0.2, 0.25) is 0 Å². The molecule has 4 heteroatoms. The van der Waals surface area contributed by atoms with Crippen molar-refractivity contribution in [3.8, 4) is 0 Å². The molecule has 0 unspecified atom stereocenters. The Kier molecular flexibility index (Phi) is 3.54. The normalized spacial score (nSPS) is 11.4. The predicted octanol–water partition coefficient (Wildman–Crippen LogP) is 2.90. The lowest BCUT2D eigenvalue weighted by molar-refractivity contribution is -0.150. The number of fused-ring (bicyclic) bond motifs is 1. The van der Waals surface area contributed by atoms with Crippen LogP contribution in [0, 0.1) is 0 Å². The molecule has 0 aliphatic heterocycles. The molecule has 0 aliphatic rings. The first-order valence-electron chi connectivity index (χ1n) is 5.41. The first-order valence-corrected chi connectivity index (χ1v) is 5.41. The van der Waals surface area contributed by atoms with E-state index in [-0.39, 0.29) is 0 Å². The lowest BCUT2D eigenvalue weighted by atomic mass is 10.3. The van der Waals surface area contributed by atoms with Crippen LogP contribution in [0.15, 0.2) is 28.9 Å². The van der Waals surface area contributed by atoms with Crippen molar-refractivity contribution in [2.75, 3.05) is 13.2 Å². The predicted molar refractivity (Wildman–Crippen MR) is 60.0 cm³/mol. The quantitative estimate of drug-likeness (QED) is 0.728. The molecule has 2 heterocycles. The molecule has 2 aromatic heterocycles. The standard InChI is InChI=1S/C12H15NO3/c1-3-14-12(15-4-2)11-7-9-8-13-6-5-10(9)16-11/h5-8,12H,3-4H2,1-2H3. The van der Waals surface area contributed by atoms with Gasteiger partial charge < -0.3 is 13.9 Å². The second kappa shape index (κ2) is 5.09. The van der Waals surface area contributed by atoms with E-state index in [0.29, 0.717) is 19.0 Å². The first kappa shape index (κ1) is 11.1. The third-order valence-corrected chi connectivity index (χ3v) is 2.20. The maximum Gasteiger partial charge on any atom is 0.217 e. The van der Waals surface area contributed by atoms with E-state index in [0.717, 1.165) is 11.0 Å². The van der Waals surface area contributed by atoms with Crippen molar-refractivity contribution in [3.05, 3.63) is 30.3 Å². The molecule has 0 radical (unpaired) electrons. The van der Waals surface area contributed by atoms with Gasteiger partial charge in [-0.2, -0.15) is 0 Å². The highest BCUT2D eigenvalue weighted by molar-refractivity contribution is 5.76. The molecule has 0 bridgehead atoms. The molecule has 0 amide bonds. The van der Waals surface area contributed by atoms with E-state index in [1.54, 1.807) is 12.4 Å². The van der Waals surface area contributed by atoms with Crippen LogP contribution in [0.5, 0.6) is 0 Å². The van der Waals surface area contributed by atoms with Crippen molar-refractivity contribution in [2.45, 2.75) is 20.1 Å². The van der Waals surface area contributed by atoms with Gasteiger partial charge in [-0.05, 0) is 26.0 Å². The average Bonchev–Trinajstić information content (AvgIpc) is 2.72. The van der Waals surface area contributed by atoms with Crippen molar-refractivity contribution in [1.29, 1.82) is 0 Å². The summed E-state index contributed by atoms with van der Waals surface area (Å²) < 4.78 is 16.6. The van der Waals surface area contributed by atoms with E-state index in [2.05, 4.69) is 4.98 Å². The van der Waals surface area contributed by atoms with Gasteiger partial charge in [-0.1, -0.05) is 0 Å². The SMILES string of the molecule is CCOC(OCC)c1cc2cnccc2o1. The molecule has 0 spiro atoms. The molecule has 86 valence electrons. The van der Waals surface area contributed by atoms with Gasteiger partial charge in [0.25, 0.3) is 0 Å². The van der Waals surface area contributed by atoms with Crippen LogP contribution in [-0.2, 0) is 9.47 Å². The minimum absolute atomic E-state index is 0.428. The number of hydrogen-bond donors (Lipinski definition) is 0. The number of aromatic nitrogens is 1. The van der Waals surface area contributed by atoms with E-state index in [1.165, 1.54) is 0 Å². The Bertz CT molecular complexity index is 413. The van der Waals surface area contributed by atoms with Crippen molar-refractivity contribution >= 4 is 11.0 Å². The summed E-state index contributed by atoms with van der Waals surface area (Å²) in [5.74, 6) is 0.687. The Hall–Kier alpha value is -1.39. The van der Waals surface area contributed by atoms with E-state index in [1.807, 2.05) is 26.0 Å². The van der Waals surface area contributed by atoms with Crippen LogP contribution in [0.25, 0.3) is 11.0 Å². The van der Waals surface area contributed by atoms with Gasteiger partial charge in [-0.3, -0.25) is 4.98 Å². The highest BCUT2D eigenvalue weighted by Crippen LogP contribution is 2.26. The zero-order valence-corrected chi connectivity index (χ0v) is 9.47. The van der Waals surface area contributed by atoms with Crippen LogP contribution < -0.4 is 0 Å². The topological polar surface area (TPSA) is 44.5 Å². The molecule has 0 aromatic carbocycles. The largest absolute Gasteiger partial charge is 0.456 e. The summed E-state index contributed by atoms with van der Waals surface area (Å²) in [6, 6.07) is 3.73. The van der Waals surface area contributed by atoms with Gasteiger partial charge in [0.05, 0.1) is 0 Å². The lowest BCUT2D eigenvalue weighted by Crippen LogP contribution is -2.07. The summed E-state index contributed by atoms with van der Waals surface area (Å²) in [4.78, 5) is 4.04. The molecule has 2 aromatic rings. The summed E-state index contributed by atoms with van der Waals surface area (Å²) in [5.41, 5.74) is 0.800. The van der Waals surface area contributed by atoms with Gasteiger partial charge in [0.15, 0.2) is 5.76 Å². The van der Waals surface area contributed by atoms with Crippen LogP contribution in [-0.4, -0.2) is 18.2 Å². The third-order valence-electron chi connectivity index (χ3n) is 2.20. The van der Waals surface area contributed by atoms with Gasteiger partial charge in [-0.15, -0.1) is 0 Å². The van der Waals surface area contributed by atoms with E-state index < -0.39 is 6.29 Å². The Morgan fingerprint density at radius 3 is 2.69 bits per heavy atom. The molecular weight excluding hydrogens is 206 g/mol. The van der Waals surface area contributed by atoms with Crippen LogP contribution in [0.3, 0.4) is 0 Å². The number of pyridine rings is 1. The van der Waals surface area contributed by atoms with Crippen LogP contribution >= 0.6 is 0 Å². The molecule has 0 saturated heterocycles. The minimum atomic E-state index is -0.428. The number of nitrogens with zero attached hydrogens (tertiary/aromatic N) is 1. The van der Waals surface area contributed by atoms with E-state index in [9.17, 15) is 0 Å². The monoisotopic (exact) mass is 221 g/mol. The Balaban J connectivity index is 2.29. The van der Waals surface area contributed by atoms with E-state index >= 15 is 0 Å². The van der Waals surface area contributed by atoms with Crippen molar-refractivity contribution in [1.82, 2.24) is 4.98 Å². The maximum absolute atomic E-state index is 5.65. The van der Waals surface area contributed by atoms with Crippen molar-refractivity contribution < 1.29 is 13.9 Å². The molecule has 0 atom stereocenters. The number of furan rings is 1. The van der Waals surface area contributed by atoms with Gasteiger partial charge >= 0.3 is 0 Å². The Labute approximate surface area is 94.2 Å². The highest BCUT2D eigenvalue weighted by atomic mass is 16.7. The average molecular weight is 221 g/mol. The zero-order valence-electron chi connectivity index (χ0n) is 9.47. The second-order valence-corrected chi connectivity index (χ2v) is 3.30. The first-order chi connectivity index (χ1) is 7.85. The fraction of sp³-hybridized carbons (Fsp3) is 0.417. The van der Waals surface area contributed by atoms with Crippen LogP contribution in [0.1, 0.15) is 25.9 Å². The summed E-state index contributed by atoms with van der Waals surface area (Å²) in [5, 5.41) is 0.960. The highest BCUT2D eigenvalue weighted by Gasteiger charge is 2.16. The van der Waals surface area contributed by atoms with Gasteiger partial charge in [0, 0.05) is 31.0 Å². The number of ether oxygens (including phenoxy) is 2. The van der Waals surface area contributed by atoms with E-state index in [4.69, 9.17) is 13.9 Å². The van der Waals surface area contributed by atoms with Crippen LogP contribution in [0.4, 0.5) is 0 Å². The summed E-state index contributed by atoms with van der Waals surface area (Å²) in [6.07, 6.45) is 3.03. The number of rotatable bonds is 5. The van der Waals surface area contributed by atoms with Gasteiger partial charge in [-0.25, -0.2) is 0 Å². The zero-order chi connectivity index (χ0) is 11.4. The van der Waals surface area contributed by atoms with Gasteiger partial charge in [0.2, 0.25) is 6.29 Å². The molecule has 2 rings (SSSR count). The van der Waals surface area contributed by atoms with Gasteiger partial charge in [0.1, 0.15) is 5.58 Å².